The Labute approximate surface area is 88.7 Å². The van der Waals surface area contributed by atoms with Crippen molar-refractivity contribution in [3.05, 3.63) is 35.9 Å². The van der Waals surface area contributed by atoms with E-state index in [1.54, 1.807) is 0 Å². The van der Waals surface area contributed by atoms with Crippen LogP contribution < -0.4 is 5.73 Å². The smallest absolute Gasteiger partial charge is 0.308 e. The number of benzene rings is 1. The molecule has 82 valence electrons. The van der Waals surface area contributed by atoms with E-state index in [0.717, 1.165) is 5.56 Å². The number of methoxy groups -OCH3 is 1. The van der Waals surface area contributed by atoms with Crippen LogP contribution in [0.15, 0.2) is 30.3 Å². The van der Waals surface area contributed by atoms with Crippen molar-refractivity contribution in [1.29, 1.82) is 0 Å². The molecule has 0 radical (unpaired) electrons. The van der Waals surface area contributed by atoms with E-state index >= 15 is 0 Å². The quantitative estimate of drug-likeness (QED) is 0.713. The number of rotatable bonds is 4. The van der Waals surface area contributed by atoms with Crippen molar-refractivity contribution in [1.82, 2.24) is 0 Å². The van der Waals surface area contributed by atoms with Crippen molar-refractivity contribution >= 4 is 5.97 Å². The van der Waals surface area contributed by atoms with Gasteiger partial charge in [-0.05, 0) is 5.56 Å². The minimum atomic E-state index is -0.917. The third kappa shape index (κ3) is 3.34. The van der Waals surface area contributed by atoms with Crippen LogP contribution in [0.25, 0.3) is 0 Å². The lowest BCUT2D eigenvalue weighted by atomic mass is 10.0. The highest BCUT2D eigenvalue weighted by molar-refractivity contribution is 5.69. The minimum absolute atomic E-state index is 0.0907. The Bertz CT molecular complexity index is 313. The molecule has 0 unspecified atom stereocenters. The number of aliphatic hydroxyl groups excluding tert-OH is 1. The van der Waals surface area contributed by atoms with Gasteiger partial charge in [-0.1, -0.05) is 30.3 Å². The first kappa shape index (κ1) is 11.7. The van der Waals surface area contributed by atoms with E-state index in [2.05, 4.69) is 4.74 Å². The van der Waals surface area contributed by atoms with Gasteiger partial charge in [-0.25, -0.2) is 0 Å². The molecule has 1 aromatic carbocycles. The predicted molar refractivity (Wildman–Crippen MR) is 56.0 cm³/mol. The Balaban J connectivity index is 2.61. The van der Waals surface area contributed by atoms with Crippen molar-refractivity contribution in [3.8, 4) is 0 Å². The van der Waals surface area contributed by atoms with Gasteiger partial charge in [0.05, 0.1) is 25.7 Å². The Morgan fingerprint density at radius 2 is 2.07 bits per heavy atom. The minimum Gasteiger partial charge on any atom is -0.469 e. The molecule has 1 rings (SSSR count). The van der Waals surface area contributed by atoms with Gasteiger partial charge in [0.25, 0.3) is 0 Å². The first-order chi connectivity index (χ1) is 7.15. The Kier molecular flexibility index (Phi) is 4.27. The van der Waals surface area contributed by atoms with Crippen LogP contribution in [-0.2, 0) is 9.53 Å². The van der Waals surface area contributed by atoms with Crippen LogP contribution in [0.3, 0.4) is 0 Å². The summed E-state index contributed by atoms with van der Waals surface area (Å²) in [6.45, 7) is 0. The molecule has 0 spiro atoms. The predicted octanol–water partition coefficient (Wildman–Crippen LogP) is 0.610. The lowest BCUT2D eigenvalue weighted by molar-refractivity contribution is -0.143. The Hall–Kier alpha value is -1.39. The van der Waals surface area contributed by atoms with E-state index in [1.165, 1.54) is 7.11 Å². The van der Waals surface area contributed by atoms with E-state index in [4.69, 9.17) is 5.73 Å². The molecule has 0 aliphatic carbocycles. The molecule has 2 atom stereocenters. The van der Waals surface area contributed by atoms with Crippen molar-refractivity contribution in [2.24, 2.45) is 5.73 Å². The average molecular weight is 209 g/mol. The number of nitrogens with two attached hydrogens (primary N) is 1. The zero-order valence-corrected chi connectivity index (χ0v) is 8.59. The third-order valence-corrected chi connectivity index (χ3v) is 2.20. The summed E-state index contributed by atoms with van der Waals surface area (Å²) in [5.74, 6) is -0.464. The summed E-state index contributed by atoms with van der Waals surface area (Å²) in [5, 5.41) is 9.65. The summed E-state index contributed by atoms with van der Waals surface area (Å²) in [5.41, 5.74) is 6.58. The largest absolute Gasteiger partial charge is 0.469 e. The highest BCUT2D eigenvalue weighted by Gasteiger charge is 2.19. The maximum Gasteiger partial charge on any atom is 0.308 e. The topological polar surface area (TPSA) is 72.5 Å². The number of ether oxygens (including phenoxy) is 1. The van der Waals surface area contributed by atoms with Crippen molar-refractivity contribution in [2.75, 3.05) is 7.11 Å². The molecular weight excluding hydrogens is 194 g/mol. The normalized spacial score (nSPS) is 14.3. The fraction of sp³-hybridized carbons (Fsp3) is 0.364. The van der Waals surface area contributed by atoms with Crippen LogP contribution in [0.5, 0.6) is 0 Å². The van der Waals surface area contributed by atoms with Gasteiger partial charge in [-0.15, -0.1) is 0 Å². The van der Waals surface area contributed by atoms with Crippen LogP contribution in [0.2, 0.25) is 0 Å². The van der Waals surface area contributed by atoms with Gasteiger partial charge in [0, 0.05) is 0 Å². The lowest BCUT2D eigenvalue weighted by Crippen LogP contribution is -2.28. The monoisotopic (exact) mass is 209 g/mol. The SMILES string of the molecule is COC(=O)C[C@H](O)[C@@H](N)c1ccccc1. The Morgan fingerprint density at radius 1 is 1.47 bits per heavy atom. The number of carbonyl (C=O) groups excluding carboxylic acids is 1. The molecule has 0 aliphatic heterocycles. The van der Waals surface area contributed by atoms with Gasteiger partial charge in [0.1, 0.15) is 0 Å². The molecule has 0 aromatic heterocycles. The fourth-order valence-corrected chi connectivity index (χ4v) is 1.28. The second-order valence-corrected chi connectivity index (χ2v) is 3.28. The fourth-order valence-electron chi connectivity index (χ4n) is 1.28. The number of aliphatic hydroxyl groups is 1. The first-order valence-corrected chi connectivity index (χ1v) is 4.70. The van der Waals surface area contributed by atoms with Crippen molar-refractivity contribution < 1.29 is 14.6 Å². The second kappa shape index (κ2) is 5.48. The van der Waals surface area contributed by atoms with Gasteiger partial charge >= 0.3 is 5.97 Å². The summed E-state index contributed by atoms with van der Waals surface area (Å²) >= 11 is 0. The van der Waals surface area contributed by atoms with Gasteiger partial charge in [-0.2, -0.15) is 0 Å². The molecule has 0 saturated heterocycles. The molecule has 4 heteroatoms. The van der Waals surface area contributed by atoms with Gasteiger partial charge in [-0.3, -0.25) is 4.79 Å². The number of carbonyl (C=O) groups is 1. The molecular formula is C11H15NO3. The van der Waals surface area contributed by atoms with Crippen LogP contribution in [0.4, 0.5) is 0 Å². The number of hydrogen-bond acceptors (Lipinski definition) is 4. The van der Waals surface area contributed by atoms with Gasteiger partial charge in [0.15, 0.2) is 0 Å². The first-order valence-electron chi connectivity index (χ1n) is 4.70. The van der Waals surface area contributed by atoms with E-state index < -0.39 is 18.1 Å². The maximum atomic E-state index is 10.9. The van der Waals surface area contributed by atoms with Crippen LogP contribution in [0, 0.1) is 0 Å². The molecule has 0 fully saturated rings. The standard InChI is InChI=1S/C11H15NO3/c1-15-10(14)7-9(13)11(12)8-5-3-2-4-6-8/h2-6,9,11,13H,7,12H2,1H3/t9-,11-/m0/s1. The molecule has 0 amide bonds. The summed E-state index contributed by atoms with van der Waals surface area (Å²) in [7, 11) is 1.28. The summed E-state index contributed by atoms with van der Waals surface area (Å²) < 4.78 is 4.45. The lowest BCUT2D eigenvalue weighted by Gasteiger charge is -2.17. The molecule has 4 nitrogen and oxygen atoms in total. The van der Waals surface area contributed by atoms with Crippen LogP contribution in [0.1, 0.15) is 18.0 Å². The molecule has 0 heterocycles. The van der Waals surface area contributed by atoms with Crippen molar-refractivity contribution in [3.63, 3.8) is 0 Å². The van der Waals surface area contributed by atoms with E-state index in [1.807, 2.05) is 30.3 Å². The summed E-state index contributed by atoms with van der Waals surface area (Å²) in [4.78, 5) is 10.9. The van der Waals surface area contributed by atoms with Gasteiger partial charge < -0.3 is 15.6 Å². The highest BCUT2D eigenvalue weighted by atomic mass is 16.5. The zero-order chi connectivity index (χ0) is 11.3. The average Bonchev–Trinajstić information content (AvgIpc) is 2.29. The Morgan fingerprint density at radius 3 is 2.60 bits per heavy atom. The van der Waals surface area contributed by atoms with Crippen LogP contribution >= 0.6 is 0 Å². The second-order valence-electron chi connectivity index (χ2n) is 3.28. The molecule has 15 heavy (non-hydrogen) atoms. The maximum absolute atomic E-state index is 10.9. The molecule has 1 aromatic rings. The van der Waals surface area contributed by atoms with Gasteiger partial charge in [0.2, 0.25) is 0 Å². The van der Waals surface area contributed by atoms with Crippen LogP contribution in [-0.4, -0.2) is 24.3 Å². The van der Waals surface area contributed by atoms with E-state index in [-0.39, 0.29) is 6.42 Å². The zero-order valence-electron chi connectivity index (χ0n) is 8.59. The van der Waals surface area contributed by atoms with Crippen molar-refractivity contribution in [2.45, 2.75) is 18.6 Å². The number of esters is 1. The molecule has 0 aliphatic rings. The van der Waals surface area contributed by atoms with E-state index in [9.17, 15) is 9.90 Å². The number of hydrogen-bond donors (Lipinski definition) is 2. The highest BCUT2D eigenvalue weighted by Crippen LogP contribution is 2.16. The summed E-state index contributed by atoms with van der Waals surface area (Å²) in [6, 6.07) is 8.59. The van der Waals surface area contributed by atoms with E-state index in [0.29, 0.717) is 0 Å². The molecule has 0 saturated carbocycles. The molecule has 0 bridgehead atoms. The molecule has 3 N–H and O–H groups in total. The third-order valence-electron chi connectivity index (χ3n) is 2.20. The summed E-state index contributed by atoms with van der Waals surface area (Å²) in [6.07, 6.45) is -1.01.